The molecule has 0 bridgehead atoms. The van der Waals surface area contributed by atoms with E-state index < -0.39 is 5.54 Å². The van der Waals surface area contributed by atoms with Gasteiger partial charge in [-0.1, -0.05) is 6.07 Å². The maximum Gasteiger partial charge on any atom is 0.324 e. The number of nitrogens with one attached hydrogen (secondary N) is 1. The number of hydrogen-bond donors (Lipinski definition) is 1. The number of urea groups is 1. The molecule has 1 unspecified atom stereocenters. The van der Waals surface area contributed by atoms with Crippen molar-refractivity contribution < 1.29 is 9.59 Å². The molecular weight excluding hydrogens is 254 g/mol. The summed E-state index contributed by atoms with van der Waals surface area (Å²) in [7, 11) is 1.68. The number of likely N-dealkylation sites (N-methyl/N-ethyl adjacent to an activating group) is 1. The molecule has 100 valence electrons. The van der Waals surface area contributed by atoms with Crippen molar-refractivity contribution in [3.05, 3.63) is 41.6 Å². The number of pyridine rings is 1. The summed E-state index contributed by atoms with van der Waals surface area (Å²) in [5, 5.41) is 3.47. The number of aromatic nitrogens is 1. The highest BCUT2D eigenvalue weighted by Crippen LogP contribution is 2.38. The van der Waals surface area contributed by atoms with Gasteiger partial charge in [0, 0.05) is 31.5 Å². The van der Waals surface area contributed by atoms with Gasteiger partial charge in [-0.3, -0.25) is 15.1 Å². The lowest BCUT2D eigenvalue weighted by Crippen LogP contribution is -2.48. The van der Waals surface area contributed by atoms with Crippen LogP contribution in [0.2, 0.25) is 0 Å². The van der Waals surface area contributed by atoms with Crippen molar-refractivity contribution >= 4 is 22.8 Å². The predicted molar refractivity (Wildman–Crippen MR) is 73.2 cm³/mol. The van der Waals surface area contributed by atoms with Crippen molar-refractivity contribution in [3.8, 4) is 0 Å². The zero-order valence-corrected chi connectivity index (χ0v) is 11.0. The Hall–Kier alpha value is -2.43. The Labute approximate surface area is 115 Å². The number of rotatable bonds is 0. The van der Waals surface area contributed by atoms with Crippen LogP contribution in [0.4, 0.5) is 4.79 Å². The zero-order valence-electron chi connectivity index (χ0n) is 11.0. The van der Waals surface area contributed by atoms with Crippen LogP contribution in [0.1, 0.15) is 11.1 Å². The van der Waals surface area contributed by atoms with Crippen molar-refractivity contribution in [3.63, 3.8) is 0 Å². The minimum atomic E-state index is -0.753. The number of amides is 3. The molecule has 5 heteroatoms. The molecule has 20 heavy (non-hydrogen) atoms. The summed E-state index contributed by atoms with van der Waals surface area (Å²) in [5.74, 6) is -0.196. The van der Waals surface area contributed by atoms with Gasteiger partial charge in [0.15, 0.2) is 0 Å². The fourth-order valence-corrected chi connectivity index (χ4v) is 3.27. The van der Waals surface area contributed by atoms with Gasteiger partial charge in [-0.2, -0.15) is 0 Å². The number of carbonyl (C=O) groups is 2. The molecule has 1 saturated heterocycles. The minimum absolute atomic E-state index is 0.196. The summed E-state index contributed by atoms with van der Waals surface area (Å²) in [4.78, 5) is 29.8. The summed E-state index contributed by atoms with van der Waals surface area (Å²) in [6, 6.07) is 7.71. The molecule has 3 amide bonds. The van der Waals surface area contributed by atoms with Crippen LogP contribution in [0.3, 0.4) is 0 Å². The highest BCUT2D eigenvalue weighted by atomic mass is 16.2. The van der Waals surface area contributed by atoms with Crippen molar-refractivity contribution in [2.45, 2.75) is 18.4 Å². The van der Waals surface area contributed by atoms with Crippen LogP contribution < -0.4 is 5.32 Å². The van der Waals surface area contributed by atoms with E-state index in [-0.39, 0.29) is 11.9 Å². The van der Waals surface area contributed by atoms with Crippen molar-refractivity contribution in [2.75, 3.05) is 7.05 Å². The summed E-state index contributed by atoms with van der Waals surface area (Å²) in [6.07, 6.45) is 2.89. The second-order valence-electron chi connectivity index (χ2n) is 5.52. The summed E-state index contributed by atoms with van der Waals surface area (Å²) in [6.45, 7) is 0. The number of fused-ring (bicyclic) bond motifs is 2. The van der Waals surface area contributed by atoms with Crippen molar-refractivity contribution in [2.24, 2.45) is 0 Å². The molecule has 1 atom stereocenters. The van der Waals surface area contributed by atoms with E-state index >= 15 is 0 Å². The van der Waals surface area contributed by atoms with E-state index in [1.54, 1.807) is 13.2 Å². The molecule has 0 radical (unpaired) electrons. The number of hydrogen-bond acceptors (Lipinski definition) is 3. The van der Waals surface area contributed by atoms with Crippen molar-refractivity contribution in [1.29, 1.82) is 0 Å². The Morgan fingerprint density at radius 2 is 2.00 bits per heavy atom. The smallest absolute Gasteiger partial charge is 0.312 e. The van der Waals surface area contributed by atoms with Gasteiger partial charge >= 0.3 is 6.03 Å². The summed E-state index contributed by atoms with van der Waals surface area (Å²) < 4.78 is 0. The van der Waals surface area contributed by atoms with E-state index in [1.165, 1.54) is 4.90 Å². The van der Waals surface area contributed by atoms with Gasteiger partial charge in [0.1, 0.15) is 5.54 Å². The van der Waals surface area contributed by atoms with Gasteiger partial charge < -0.3 is 4.90 Å². The molecule has 1 aliphatic heterocycles. The SMILES string of the molecule is CN1C(=O)NC(=O)C12Cc1cc3cccnc3cc1C2. The third-order valence-corrected chi connectivity index (χ3v) is 4.48. The molecule has 2 aromatic rings. The maximum atomic E-state index is 12.2. The Balaban J connectivity index is 1.86. The number of imide groups is 1. The molecule has 0 saturated carbocycles. The second-order valence-corrected chi connectivity index (χ2v) is 5.52. The van der Waals surface area contributed by atoms with Crippen LogP contribution in [0.25, 0.3) is 10.9 Å². The molecule has 1 N–H and O–H groups in total. The number of benzene rings is 1. The molecule has 5 nitrogen and oxygen atoms in total. The second kappa shape index (κ2) is 3.56. The zero-order chi connectivity index (χ0) is 13.9. The molecule has 1 fully saturated rings. The standard InChI is InChI=1S/C15H13N3O2/c1-18-14(20)17-13(19)15(18)7-10-5-9-3-2-4-16-12(9)6-11(10)8-15/h2-6H,7-8H2,1H3,(H,17,19,20). The highest BCUT2D eigenvalue weighted by molar-refractivity contribution is 6.07. The Morgan fingerprint density at radius 3 is 2.70 bits per heavy atom. The molecular formula is C15H13N3O2. The topological polar surface area (TPSA) is 62.3 Å². The minimum Gasteiger partial charge on any atom is -0.312 e. The van der Waals surface area contributed by atoms with E-state index in [2.05, 4.69) is 16.4 Å². The third kappa shape index (κ3) is 1.29. The molecule has 4 rings (SSSR count). The van der Waals surface area contributed by atoms with E-state index in [4.69, 9.17) is 0 Å². The number of nitrogens with zero attached hydrogens (tertiary/aromatic N) is 2. The maximum absolute atomic E-state index is 12.2. The Kier molecular flexibility index (Phi) is 2.03. The van der Waals surface area contributed by atoms with E-state index in [9.17, 15) is 9.59 Å². The van der Waals surface area contributed by atoms with Crippen LogP contribution in [0, 0.1) is 0 Å². The summed E-state index contributed by atoms with van der Waals surface area (Å²) >= 11 is 0. The lowest BCUT2D eigenvalue weighted by Gasteiger charge is -2.27. The van der Waals surface area contributed by atoms with Crippen LogP contribution in [-0.4, -0.2) is 34.4 Å². The summed E-state index contributed by atoms with van der Waals surface area (Å²) in [5.41, 5.74) is 2.40. The first-order valence-electron chi connectivity index (χ1n) is 6.56. The van der Waals surface area contributed by atoms with E-state index in [1.807, 2.05) is 18.2 Å². The van der Waals surface area contributed by atoms with Crippen LogP contribution >= 0.6 is 0 Å². The van der Waals surface area contributed by atoms with Gasteiger partial charge in [-0.05, 0) is 29.3 Å². The largest absolute Gasteiger partial charge is 0.324 e. The average Bonchev–Trinajstić information content (AvgIpc) is 2.91. The Morgan fingerprint density at radius 1 is 1.25 bits per heavy atom. The first-order chi connectivity index (χ1) is 9.60. The molecule has 1 spiro atoms. The molecule has 2 aliphatic rings. The van der Waals surface area contributed by atoms with E-state index in [0.29, 0.717) is 12.8 Å². The average molecular weight is 267 g/mol. The van der Waals surface area contributed by atoms with Crippen LogP contribution in [0.15, 0.2) is 30.5 Å². The van der Waals surface area contributed by atoms with Crippen LogP contribution in [0.5, 0.6) is 0 Å². The fourth-order valence-electron chi connectivity index (χ4n) is 3.27. The first kappa shape index (κ1) is 11.4. The lowest BCUT2D eigenvalue weighted by molar-refractivity contribution is -0.125. The van der Waals surface area contributed by atoms with Gasteiger partial charge in [0.2, 0.25) is 0 Å². The highest BCUT2D eigenvalue weighted by Gasteiger charge is 2.54. The van der Waals surface area contributed by atoms with E-state index in [0.717, 1.165) is 22.0 Å². The normalized spacial score (nSPS) is 24.6. The predicted octanol–water partition coefficient (Wildman–Crippen LogP) is 1.25. The van der Waals surface area contributed by atoms with Gasteiger partial charge in [-0.15, -0.1) is 0 Å². The van der Waals surface area contributed by atoms with Gasteiger partial charge in [-0.25, -0.2) is 4.79 Å². The Bertz CT molecular complexity index is 724. The number of carbonyl (C=O) groups excluding carboxylic acids is 2. The quantitative estimate of drug-likeness (QED) is 0.731. The molecule has 1 aliphatic carbocycles. The van der Waals surface area contributed by atoms with Crippen LogP contribution in [-0.2, 0) is 17.6 Å². The monoisotopic (exact) mass is 267 g/mol. The third-order valence-electron chi connectivity index (χ3n) is 4.48. The molecule has 1 aromatic carbocycles. The lowest BCUT2D eigenvalue weighted by atomic mass is 9.95. The van der Waals surface area contributed by atoms with Crippen molar-refractivity contribution in [1.82, 2.24) is 15.2 Å². The van der Waals surface area contributed by atoms with Gasteiger partial charge in [0.25, 0.3) is 5.91 Å². The molecule has 2 heterocycles. The first-order valence-corrected chi connectivity index (χ1v) is 6.56. The fraction of sp³-hybridized carbons (Fsp3) is 0.267. The molecule has 1 aromatic heterocycles. The van der Waals surface area contributed by atoms with Gasteiger partial charge in [0.05, 0.1) is 5.52 Å².